The number of hydrogen-bond donors (Lipinski definition) is 2. The molecule has 25 heavy (non-hydrogen) atoms. The van der Waals surface area contributed by atoms with Crippen LogP contribution >= 0.6 is 15.9 Å². The number of amides is 1. The molecule has 3 rings (SSSR count). The molecule has 2 aromatic carbocycles. The molecule has 0 saturated carbocycles. The topological polar surface area (TPSA) is 68.0 Å². The first kappa shape index (κ1) is 17.4. The Kier molecular flexibility index (Phi) is 4.72. The number of benzene rings is 2. The Morgan fingerprint density at radius 1 is 1.24 bits per heavy atom. The molecule has 0 aliphatic carbocycles. The summed E-state index contributed by atoms with van der Waals surface area (Å²) in [4.78, 5) is 15.9. The third-order valence-electron chi connectivity index (χ3n) is 4.02. The Labute approximate surface area is 153 Å². The molecule has 0 bridgehead atoms. The number of aryl methyl sites for hydroxylation is 1. The highest BCUT2D eigenvalue weighted by atomic mass is 79.9. The van der Waals surface area contributed by atoms with Crippen LogP contribution in [0.25, 0.3) is 10.9 Å². The number of halogens is 2. The van der Waals surface area contributed by atoms with E-state index in [2.05, 4.69) is 26.2 Å². The van der Waals surface area contributed by atoms with Crippen LogP contribution in [-0.4, -0.2) is 10.9 Å². The normalized spacial score (nSPS) is 12.2. The SMILES string of the molecule is Cc1cc(NC(C)c2cc(C(N)=O)ccc2F)c2cc(Br)ccc2n1. The van der Waals surface area contributed by atoms with E-state index in [0.717, 1.165) is 26.8 Å². The minimum atomic E-state index is -0.581. The standard InChI is InChI=1S/C19H17BrFN3O/c1-10-7-18(15-9-13(20)4-6-17(15)23-10)24-11(2)14-8-12(19(22)25)3-5-16(14)21/h3-9,11H,1-2H3,(H2,22,25)(H,23,24). The smallest absolute Gasteiger partial charge is 0.248 e. The molecule has 3 aromatic rings. The number of rotatable bonds is 4. The number of nitrogens with two attached hydrogens (primary N) is 1. The summed E-state index contributed by atoms with van der Waals surface area (Å²) in [6.07, 6.45) is 0. The molecule has 1 heterocycles. The van der Waals surface area contributed by atoms with E-state index in [4.69, 9.17) is 5.73 Å². The molecule has 1 aromatic heterocycles. The first-order valence-electron chi connectivity index (χ1n) is 7.78. The van der Waals surface area contributed by atoms with Crippen LogP contribution < -0.4 is 11.1 Å². The van der Waals surface area contributed by atoms with E-state index in [1.165, 1.54) is 18.2 Å². The summed E-state index contributed by atoms with van der Waals surface area (Å²) in [5.41, 5.74) is 8.52. The van der Waals surface area contributed by atoms with Gasteiger partial charge in [0.05, 0.1) is 11.6 Å². The highest BCUT2D eigenvalue weighted by Gasteiger charge is 2.15. The zero-order chi connectivity index (χ0) is 18.1. The molecule has 0 radical (unpaired) electrons. The Morgan fingerprint density at radius 2 is 2.00 bits per heavy atom. The van der Waals surface area contributed by atoms with Gasteiger partial charge in [-0.3, -0.25) is 9.78 Å². The van der Waals surface area contributed by atoms with E-state index in [1.807, 2.05) is 38.1 Å². The molecule has 4 nitrogen and oxygen atoms in total. The largest absolute Gasteiger partial charge is 0.378 e. The van der Waals surface area contributed by atoms with Gasteiger partial charge >= 0.3 is 0 Å². The van der Waals surface area contributed by atoms with Crippen LogP contribution in [0.5, 0.6) is 0 Å². The van der Waals surface area contributed by atoms with Gasteiger partial charge in [0.2, 0.25) is 5.91 Å². The van der Waals surface area contributed by atoms with Crippen molar-refractivity contribution in [2.24, 2.45) is 5.73 Å². The minimum absolute atomic E-state index is 0.281. The predicted octanol–water partition coefficient (Wildman–Crippen LogP) is 4.72. The van der Waals surface area contributed by atoms with Gasteiger partial charge < -0.3 is 11.1 Å². The van der Waals surface area contributed by atoms with E-state index < -0.39 is 5.91 Å². The molecular weight excluding hydrogens is 385 g/mol. The molecule has 0 aliphatic rings. The highest BCUT2D eigenvalue weighted by Crippen LogP contribution is 2.30. The van der Waals surface area contributed by atoms with Crippen LogP contribution in [0.1, 0.15) is 34.6 Å². The number of carbonyl (C=O) groups is 1. The van der Waals surface area contributed by atoms with Crippen LogP contribution in [0.4, 0.5) is 10.1 Å². The number of hydrogen-bond acceptors (Lipinski definition) is 3. The van der Waals surface area contributed by atoms with Gasteiger partial charge in [0.25, 0.3) is 0 Å². The highest BCUT2D eigenvalue weighted by molar-refractivity contribution is 9.10. The number of aromatic nitrogens is 1. The summed E-state index contributed by atoms with van der Waals surface area (Å²) >= 11 is 3.47. The van der Waals surface area contributed by atoms with Gasteiger partial charge in [-0.05, 0) is 56.3 Å². The van der Waals surface area contributed by atoms with Crippen LogP contribution in [0, 0.1) is 12.7 Å². The van der Waals surface area contributed by atoms with Gasteiger partial charge in [-0.2, -0.15) is 0 Å². The molecular formula is C19H17BrFN3O. The molecule has 0 fully saturated rings. The number of primary amides is 1. The molecule has 1 atom stereocenters. The molecule has 6 heteroatoms. The zero-order valence-corrected chi connectivity index (χ0v) is 15.4. The fraction of sp³-hybridized carbons (Fsp3) is 0.158. The summed E-state index contributed by atoms with van der Waals surface area (Å²) in [6, 6.07) is 11.5. The van der Waals surface area contributed by atoms with Gasteiger partial charge in [0.15, 0.2) is 0 Å². The Hall–Kier alpha value is -2.47. The van der Waals surface area contributed by atoms with Gasteiger partial charge in [-0.1, -0.05) is 15.9 Å². The van der Waals surface area contributed by atoms with Crippen LogP contribution in [-0.2, 0) is 0 Å². The molecule has 1 unspecified atom stereocenters. The maximum atomic E-state index is 14.2. The average Bonchev–Trinajstić information content (AvgIpc) is 2.55. The van der Waals surface area contributed by atoms with Crippen LogP contribution in [0.2, 0.25) is 0 Å². The van der Waals surface area contributed by atoms with Gasteiger partial charge in [-0.15, -0.1) is 0 Å². The maximum Gasteiger partial charge on any atom is 0.248 e. The lowest BCUT2D eigenvalue weighted by atomic mass is 10.0. The van der Waals surface area contributed by atoms with Gasteiger partial charge in [0.1, 0.15) is 5.82 Å². The van der Waals surface area contributed by atoms with E-state index in [1.54, 1.807) is 0 Å². The second-order valence-electron chi connectivity index (χ2n) is 5.94. The number of carbonyl (C=O) groups excluding carboxylic acids is 1. The number of anilines is 1. The zero-order valence-electron chi connectivity index (χ0n) is 13.8. The van der Waals surface area contributed by atoms with Crippen molar-refractivity contribution < 1.29 is 9.18 Å². The third kappa shape index (κ3) is 3.64. The summed E-state index contributed by atoms with van der Waals surface area (Å²) < 4.78 is 15.2. The van der Waals surface area contributed by atoms with Crippen molar-refractivity contribution in [1.82, 2.24) is 4.98 Å². The number of fused-ring (bicyclic) bond motifs is 1. The summed E-state index contributed by atoms with van der Waals surface area (Å²) in [5, 5.41) is 4.25. The molecule has 3 N–H and O–H groups in total. The molecule has 1 amide bonds. The van der Waals surface area contributed by atoms with Gasteiger partial charge in [-0.25, -0.2) is 4.39 Å². The van der Waals surface area contributed by atoms with Crippen molar-refractivity contribution in [1.29, 1.82) is 0 Å². The van der Waals surface area contributed by atoms with Crippen LogP contribution in [0.3, 0.4) is 0 Å². The lowest BCUT2D eigenvalue weighted by molar-refractivity contribution is 0.1000. The molecule has 0 aliphatic heterocycles. The first-order chi connectivity index (χ1) is 11.8. The summed E-state index contributed by atoms with van der Waals surface area (Å²) in [6.45, 7) is 3.74. The van der Waals surface area contributed by atoms with E-state index >= 15 is 0 Å². The second-order valence-corrected chi connectivity index (χ2v) is 6.85. The number of nitrogens with one attached hydrogen (secondary N) is 1. The van der Waals surface area contributed by atoms with Crippen molar-refractivity contribution in [3.63, 3.8) is 0 Å². The Bertz CT molecular complexity index is 974. The van der Waals surface area contributed by atoms with E-state index in [0.29, 0.717) is 5.56 Å². The van der Waals surface area contributed by atoms with Crippen molar-refractivity contribution in [3.05, 3.63) is 69.6 Å². The fourth-order valence-corrected chi connectivity index (χ4v) is 3.15. The minimum Gasteiger partial charge on any atom is -0.378 e. The fourth-order valence-electron chi connectivity index (χ4n) is 2.79. The monoisotopic (exact) mass is 401 g/mol. The average molecular weight is 402 g/mol. The second kappa shape index (κ2) is 6.80. The number of pyridine rings is 1. The summed E-state index contributed by atoms with van der Waals surface area (Å²) in [5.74, 6) is -0.969. The van der Waals surface area contributed by atoms with E-state index in [-0.39, 0.29) is 17.4 Å². The predicted molar refractivity (Wildman–Crippen MR) is 101 cm³/mol. The summed E-state index contributed by atoms with van der Waals surface area (Å²) in [7, 11) is 0. The molecule has 128 valence electrons. The third-order valence-corrected chi connectivity index (χ3v) is 4.51. The quantitative estimate of drug-likeness (QED) is 0.664. The molecule has 0 saturated heterocycles. The maximum absolute atomic E-state index is 14.2. The van der Waals surface area contributed by atoms with Crippen molar-refractivity contribution in [3.8, 4) is 0 Å². The van der Waals surface area contributed by atoms with Gasteiger partial charge in [0, 0.05) is 32.4 Å². The van der Waals surface area contributed by atoms with Crippen molar-refractivity contribution >= 4 is 38.4 Å². The van der Waals surface area contributed by atoms with Crippen molar-refractivity contribution in [2.45, 2.75) is 19.9 Å². The molecule has 0 spiro atoms. The van der Waals surface area contributed by atoms with Crippen LogP contribution in [0.15, 0.2) is 46.9 Å². The lowest BCUT2D eigenvalue weighted by Gasteiger charge is -2.19. The van der Waals surface area contributed by atoms with Crippen molar-refractivity contribution in [2.75, 3.05) is 5.32 Å². The lowest BCUT2D eigenvalue weighted by Crippen LogP contribution is -2.14. The Morgan fingerprint density at radius 3 is 2.72 bits per heavy atom. The first-order valence-corrected chi connectivity index (χ1v) is 8.57. The Balaban J connectivity index is 2.03. The number of nitrogens with zero attached hydrogens (tertiary/aromatic N) is 1. The van der Waals surface area contributed by atoms with E-state index in [9.17, 15) is 9.18 Å².